The van der Waals surface area contributed by atoms with Crippen molar-refractivity contribution in [1.82, 2.24) is 4.90 Å². The van der Waals surface area contributed by atoms with Crippen LogP contribution in [0.1, 0.15) is 0 Å². The van der Waals surface area contributed by atoms with Crippen LogP contribution in [0.5, 0.6) is 0 Å². The number of ether oxygens (including phenoxy) is 1. The number of hydrogen-bond acceptors (Lipinski definition) is 3. The number of carbonyl (C=O) groups is 1. The number of hydrogen-bond donors (Lipinski definition) is 1. The second kappa shape index (κ2) is 2.19. The first kappa shape index (κ1) is 7.06. The molecule has 0 radical (unpaired) electrons. The maximum atomic E-state index is 10.2. The molecule has 0 aliphatic carbocycles. The Hall–Kier alpha value is -0.610. The highest BCUT2D eigenvalue weighted by atomic mass is 16.5. The van der Waals surface area contributed by atoms with Crippen LogP contribution in [0.2, 0.25) is 0 Å². The van der Waals surface area contributed by atoms with Crippen LogP contribution in [0.25, 0.3) is 0 Å². The maximum absolute atomic E-state index is 10.2. The second-order valence-electron chi connectivity index (χ2n) is 3.53. The summed E-state index contributed by atoms with van der Waals surface area (Å²) in [4.78, 5) is 12.2. The molecule has 0 unspecified atom stereocenters. The zero-order chi connectivity index (χ0) is 7.90. The summed E-state index contributed by atoms with van der Waals surface area (Å²) in [6.45, 7) is 3.63. The second-order valence-corrected chi connectivity index (χ2v) is 3.53. The van der Waals surface area contributed by atoms with Gasteiger partial charge in [-0.25, -0.2) is 0 Å². The van der Waals surface area contributed by atoms with Crippen LogP contribution in [0.15, 0.2) is 0 Å². The Balaban J connectivity index is 1.75. The third-order valence-electron chi connectivity index (χ3n) is 2.29. The van der Waals surface area contributed by atoms with E-state index in [-0.39, 0.29) is 6.54 Å². The number of carboxylic acid groups (broad SMARTS) is 1. The van der Waals surface area contributed by atoms with Gasteiger partial charge in [-0.1, -0.05) is 0 Å². The minimum atomic E-state index is -0.736. The SMILES string of the molecule is O=C(O)CN1CC2(COC2)C1. The topological polar surface area (TPSA) is 49.8 Å². The quantitative estimate of drug-likeness (QED) is 0.581. The van der Waals surface area contributed by atoms with Crippen LogP contribution in [0.4, 0.5) is 0 Å². The Labute approximate surface area is 64.7 Å². The van der Waals surface area contributed by atoms with Crippen molar-refractivity contribution in [2.45, 2.75) is 0 Å². The molecule has 2 saturated heterocycles. The number of aliphatic carboxylic acids is 1. The average molecular weight is 157 g/mol. The lowest BCUT2D eigenvalue weighted by Gasteiger charge is -2.54. The molecule has 4 nitrogen and oxygen atoms in total. The van der Waals surface area contributed by atoms with Crippen LogP contribution in [0.3, 0.4) is 0 Å². The number of carboxylic acids is 1. The van der Waals surface area contributed by atoms with Crippen molar-refractivity contribution in [3.63, 3.8) is 0 Å². The molecule has 2 aliphatic heterocycles. The summed E-state index contributed by atoms with van der Waals surface area (Å²) < 4.78 is 5.06. The molecule has 0 aromatic rings. The van der Waals surface area contributed by atoms with Gasteiger partial charge in [0.1, 0.15) is 0 Å². The first-order valence-corrected chi connectivity index (χ1v) is 3.72. The van der Waals surface area contributed by atoms with Crippen LogP contribution >= 0.6 is 0 Å². The Morgan fingerprint density at radius 2 is 2.18 bits per heavy atom. The van der Waals surface area contributed by atoms with Gasteiger partial charge in [0, 0.05) is 18.5 Å². The summed E-state index contributed by atoms with van der Waals surface area (Å²) in [5.41, 5.74) is 0.343. The van der Waals surface area contributed by atoms with Crippen molar-refractivity contribution in [1.29, 1.82) is 0 Å². The van der Waals surface area contributed by atoms with Gasteiger partial charge in [0.2, 0.25) is 0 Å². The summed E-state index contributed by atoms with van der Waals surface area (Å²) in [5.74, 6) is -0.736. The molecule has 11 heavy (non-hydrogen) atoms. The molecule has 0 aromatic carbocycles. The fourth-order valence-electron chi connectivity index (χ4n) is 1.78. The van der Waals surface area contributed by atoms with Crippen LogP contribution in [-0.2, 0) is 9.53 Å². The van der Waals surface area contributed by atoms with E-state index in [1.807, 2.05) is 4.90 Å². The lowest BCUT2D eigenvalue weighted by Crippen LogP contribution is -2.66. The predicted molar refractivity (Wildman–Crippen MR) is 37.3 cm³/mol. The molecular formula is C7H11NO3. The van der Waals surface area contributed by atoms with E-state index >= 15 is 0 Å². The molecule has 0 atom stereocenters. The normalized spacial score (nSPS) is 27.6. The number of rotatable bonds is 2. The summed E-state index contributed by atoms with van der Waals surface area (Å²) >= 11 is 0. The van der Waals surface area contributed by atoms with Crippen molar-refractivity contribution in [2.24, 2.45) is 5.41 Å². The van der Waals surface area contributed by atoms with Crippen molar-refractivity contribution in [2.75, 3.05) is 32.8 Å². The lowest BCUT2D eigenvalue weighted by atomic mass is 9.78. The Kier molecular flexibility index (Phi) is 1.40. The van der Waals surface area contributed by atoms with Gasteiger partial charge < -0.3 is 9.84 Å². The monoisotopic (exact) mass is 157 g/mol. The molecule has 2 heterocycles. The minimum absolute atomic E-state index is 0.182. The molecular weight excluding hydrogens is 146 g/mol. The zero-order valence-electron chi connectivity index (χ0n) is 6.25. The smallest absolute Gasteiger partial charge is 0.317 e. The summed E-state index contributed by atoms with van der Waals surface area (Å²) in [6, 6.07) is 0. The van der Waals surface area contributed by atoms with Gasteiger partial charge in [-0.2, -0.15) is 0 Å². The van der Waals surface area contributed by atoms with E-state index in [1.54, 1.807) is 0 Å². The first-order valence-electron chi connectivity index (χ1n) is 3.72. The van der Waals surface area contributed by atoms with E-state index in [0.717, 1.165) is 26.3 Å². The van der Waals surface area contributed by atoms with E-state index in [1.165, 1.54) is 0 Å². The minimum Gasteiger partial charge on any atom is -0.480 e. The predicted octanol–water partition coefficient (Wildman–Crippen LogP) is -0.597. The Morgan fingerprint density at radius 3 is 2.55 bits per heavy atom. The largest absolute Gasteiger partial charge is 0.480 e. The average Bonchev–Trinajstić information content (AvgIpc) is 1.71. The highest BCUT2D eigenvalue weighted by Crippen LogP contribution is 2.36. The zero-order valence-corrected chi connectivity index (χ0v) is 6.25. The summed E-state index contributed by atoms with van der Waals surface area (Å²) in [7, 11) is 0. The van der Waals surface area contributed by atoms with E-state index < -0.39 is 5.97 Å². The summed E-state index contributed by atoms with van der Waals surface area (Å²) in [6.07, 6.45) is 0. The summed E-state index contributed by atoms with van der Waals surface area (Å²) in [5, 5.41) is 8.44. The molecule has 2 fully saturated rings. The van der Waals surface area contributed by atoms with Crippen LogP contribution in [0, 0.1) is 5.41 Å². The highest BCUT2D eigenvalue weighted by Gasteiger charge is 2.49. The Morgan fingerprint density at radius 1 is 1.55 bits per heavy atom. The molecule has 0 bridgehead atoms. The molecule has 2 rings (SSSR count). The third kappa shape index (κ3) is 1.12. The van der Waals surface area contributed by atoms with E-state index in [2.05, 4.69) is 0 Å². The van der Waals surface area contributed by atoms with Gasteiger partial charge in [-0.3, -0.25) is 9.69 Å². The molecule has 1 spiro atoms. The number of likely N-dealkylation sites (tertiary alicyclic amines) is 1. The van der Waals surface area contributed by atoms with E-state index in [0.29, 0.717) is 5.41 Å². The molecule has 1 N–H and O–H groups in total. The van der Waals surface area contributed by atoms with Crippen molar-refractivity contribution >= 4 is 5.97 Å². The first-order chi connectivity index (χ1) is 5.20. The van der Waals surface area contributed by atoms with Crippen molar-refractivity contribution < 1.29 is 14.6 Å². The van der Waals surface area contributed by atoms with E-state index in [9.17, 15) is 4.79 Å². The van der Waals surface area contributed by atoms with Gasteiger partial charge >= 0.3 is 5.97 Å². The van der Waals surface area contributed by atoms with Gasteiger partial charge in [-0.05, 0) is 0 Å². The fraction of sp³-hybridized carbons (Fsp3) is 0.857. The lowest BCUT2D eigenvalue weighted by molar-refractivity contribution is -0.192. The van der Waals surface area contributed by atoms with Crippen LogP contribution in [-0.4, -0.2) is 48.8 Å². The van der Waals surface area contributed by atoms with Gasteiger partial charge in [0.05, 0.1) is 19.8 Å². The molecule has 2 aliphatic rings. The van der Waals surface area contributed by atoms with Gasteiger partial charge in [0.25, 0.3) is 0 Å². The molecule has 62 valence electrons. The molecule has 0 aromatic heterocycles. The maximum Gasteiger partial charge on any atom is 0.317 e. The van der Waals surface area contributed by atoms with E-state index in [4.69, 9.17) is 9.84 Å². The molecule has 0 saturated carbocycles. The van der Waals surface area contributed by atoms with Gasteiger partial charge in [-0.15, -0.1) is 0 Å². The van der Waals surface area contributed by atoms with Crippen molar-refractivity contribution in [3.05, 3.63) is 0 Å². The fourth-order valence-corrected chi connectivity index (χ4v) is 1.78. The highest BCUT2D eigenvalue weighted by molar-refractivity contribution is 5.69. The van der Waals surface area contributed by atoms with Gasteiger partial charge in [0.15, 0.2) is 0 Å². The van der Waals surface area contributed by atoms with Crippen molar-refractivity contribution in [3.8, 4) is 0 Å². The Bertz CT molecular complexity index is 180. The molecule has 0 amide bonds. The standard InChI is InChI=1S/C7H11NO3/c9-6(10)1-8-2-7(3-8)4-11-5-7/h1-5H2,(H,9,10). The number of nitrogens with zero attached hydrogens (tertiary/aromatic N) is 1. The molecule has 4 heteroatoms. The third-order valence-corrected chi connectivity index (χ3v) is 2.29. The van der Waals surface area contributed by atoms with Crippen LogP contribution < -0.4 is 0 Å².